The number of benzene rings is 2. The average molecular weight is 460 g/mol. The second kappa shape index (κ2) is 8.99. The van der Waals surface area contributed by atoms with Gasteiger partial charge < -0.3 is 37.2 Å². The molecular formula is C21H25Cl3SiTi. The number of allylic oxidation sites excluding steroid dienone is 4. The van der Waals surface area contributed by atoms with Crippen molar-refractivity contribution in [2.24, 2.45) is 0 Å². The van der Waals surface area contributed by atoms with Crippen LogP contribution in [0.2, 0.25) is 16.4 Å². The molecule has 1 aliphatic rings. The Kier molecular flexibility index (Phi) is 8.98. The van der Waals surface area contributed by atoms with Gasteiger partial charge in [-0.2, -0.15) is 0 Å². The second-order valence-corrected chi connectivity index (χ2v) is 13.9. The van der Waals surface area contributed by atoms with Crippen LogP contribution in [-0.2, 0) is 20.4 Å². The maximum atomic E-state index is 2.55. The van der Waals surface area contributed by atoms with Gasteiger partial charge in [-0.05, 0) is 0 Å². The van der Waals surface area contributed by atoms with Crippen molar-refractivity contribution in [3.63, 3.8) is 0 Å². The van der Waals surface area contributed by atoms with Crippen molar-refractivity contribution in [3.05, 3.63) is 64.8 Å². The van der Waals surface area contributed by atoms with E-state index in [9.17, 15) is 0 Å². The van der Waals surface area contributed by atoms with E-state index in [1.54, 1.807) is 16.3 Å². The number of hydrogen-bond donors (Lipinski definition) is 0. The number of halogens is 3. The van der Waals surface area contributed by atoms with Crippen molar-refractivity contribution in [1.82, 2.24) is 0 Å². The Morgan fingerprint density at radius 2 is 1.19 bits per heavy atom. The third kappa shape index (κ3) is 3.52. The minimum absolute atomic E-state index is 0. The summed E-state index contributed by atoms with van der Waals surface area (Å²) < 4.78 is 0.200. The first-order valence-electron chi connectivity index (χ1n) is 8.32. The quantitative estimate of drug-likeness (QED) is 0.413. The molecule has 0 spiro atoms. The molecule has 0 saturated carbocycles. The SMILES string of the molecule is CC1=C(C)[C]([Ti+3])([Si](C)(C)c2cccc3ccccc23)C(C)=C1C.[Cl-].[Cl-].[Cl-]. The summed E-state index contributed by atoms with van der Waals surface area (Å²) in [6.45, 7) is 14.4. The maximum absolute atomic E-state index is 2.55. The van der Waals surface area contributed by atoms with E-state index in [4.69, 9.17) is 0 Å². The molecule has 26 heavy (non-hydrogen) atoms. The van der Waals surface area contributed by atoms with Crippen LogP contribution in [-0.4, -0.2) is 8.07 Å². The number of fused-ring (bicyclic) bond motifs is 1. The first-order valence-corrected chi connectivity index (χ1v) is 12.1. The van der Waals surface area contributed by atoms with Crippen LogP contribution in [0.25, 0.3) is 10.8 Å². The topological polar surface area (TPSA) is 0 Å². The monoisotopic (exact) mass is 458 g/mol. The molecule has 138 valence electrons. The van der Waals surface area contributed by atoms with Crippen LogP contribution in [0.1, 0.15) is 27.7 Å². The normalized spacial score (nSPS) is 16.2. The van der Waals surface area contributed by atoms with Crippen LogP contribution in [0.15, 0.2) is 64.8 Å². The van der Waals surface area contributed by atoms with Gasteiger partial charge in [0.15, 0.2) is 0 Å². The Hall–Kier alpha value is -0.0188. The van der Waals surface area contributed by atoms with E-state index in [0.29, 0.717) is 0 Å². The van der Waals surface area contributed by atoms with Gasteiger partial charge >= 0.3 is 153 Å². The van der Waals surface area contributed by atoms with E-state index >= 15 is 0 Å². The molecule has 0 fully saturated rings. The fraction of sp³-hybridized carbons (Fsp3) is 0.333. The zero-order valence-electron chi connectivity index (χ0n) is 16.2. The first kappa shape index (κ1) is 26.0. The van der Waals surface area contributed by atoms with Gasteiger partial charge in [0.1, 0.15) is 0 Å². The fourth-order valence-electron chi connectivity index (χ4n) is 4.32. The molecule has 2 aromatic rings. The molecule has 5 heteroatoms. The van der Waals surface area contributed by atoms with E-state index in [0.717, 1.165) is 0 Å². The molecule has 0 saturated heterocycles. The smallest absolute Gasteiger partial charge is 1.00 e. The zero-order valence-corrected chi connectivity index (χ0v) is 21.0. The molecule has 0 radical (unpaired) electrons. The van der Waals surface area contributed by atoms with Crippen molar-refractivity contribution in [2.75, 3.05) is 0 Å². The number of rotatable bonds is 2. The maximum Gasteiger partial charge on any atom is -1.00 e. The summed E-state index contributed by atoms with van der Waals surface area (Å²) >= 11 is 2.49. The molecule has 0 N–H and O–H groups in total. The Morgan fingerprint density at radius 1 is 0.731 bits per heavy atom. The van der Waals surface area contributed by atoms with Crippen LogP contribution < -0.4 is 42.4 Å². The third-order valence-electron chi connectivity index (χ3n) is 6.21. The zero-order chi connectivity index (χ0) is 17.0. The summed E-state index contributed by atoms with van der Waals surface area (Å²) in [7, 11) is -1.76. The molecule has 0 aliphatic heterocycles. The molecule has 0 nitrogen and oxygen atoms in total. The van der Waals surface area contributed by atoms with Gasteiger partial charge in [-0.3, -0.25) is 0 Å². The summed E-state index contributed by atoms with van der Waals surface area (Å²) in [4.78, 5) is 0. The molecular weight excluding hydrogens is 435 g/mol. The minimum Gasteiger partial charge on any atom is -1.00 e. The molecule has 0 amide bonds. The molecule has 0 unspecified atom stereocenters. The van der Waals surface area contributed by atoms with Crippen LogP contribution in [0, 0.1) is 0 Å². The average Bonchev–Trinajstić information content (AvgIpc) is 2.71. The van der Waals surface area contributed by atoms with Gasteiger partial charge in [-0.15, -0.1) is 0 Å². The van der Waals surface area contributed by atoms with Crippen LogP contribution in [0.5, 0.6) is 0 Å². The van der Waals surface area contributed by atoms with Crippen molar-refractivity contribution < 1.29 is 57.7 Å². The summed E-state index contributed by atoms with van der Waals surface area (Å²) in [6, 6.07) is 15.7. The second-order valence-electron chi connectivity index (χ2n) is 7.40. The standard InChI is InChI=1S/C21H25Si.3ClH.Ti/c1-14-15(2)17(4)21(16(14)3)22(5,6)20-13-9-11-18-10-7-8-12-19(18)20;;;;/h7-13H,1-6H3;3*1H;/q;;;;+3/p-3. The molecule has 0 aromatic heterocycles. The minimum atomic E-state index is -1.76. The molecule has 2 aromatic carbocycles. The van der Waals surface area contributed by atoms with Crippen LogP contribution in [0.4, 0.5) is 0 Å². The van der Waals surface area contributed by atoms with E-state index in [-0.39, 0.29) is 40.6 Å². The summed E-state index contributed by atoms with van der Waals surface area (Å²) in [5.74, 6) is 0. The predicted molar refractivity (Wildman–Crippen MR) is 101 cm³/mol. The Labute approximate surface area is 189 Å². The third-order valence-corrected chi connectivity index (χ3v) is 14.7. The van der Waals surface area contributed by atoms with E-state index < -0.39 is 8.07 Å². The van der Waals surface area contributed by atoms with Crippen molar-refractivity contribution in [3.8, 4) is 0 Å². The Morgan fingerprint density at radius 3 is 1.73 bits per heavy atom. The Balaban J connectivity index is 0.00000208. The van der Waals surface area contributed by atoms with Crippen molar-refractivity contribution in [1.29, 1.82) is 0 Å². The van der Waals surface area contributed by atoms with Crippen molar-refractivity contribution in [2.45, 2.75) is 44.1 Å². The number of hydrogen-bond acceptors (Lipinski definition) is 0. The van der Waals surface area contributed by atoms with Gasteiger partial charge in [0.25, 0.3) is 0 Å². The van der Waals surface area contributed by atoms with Gasteiger partial charge in [-0.25, -0.2) is 0 Å². The molecule has 3 rings (SSSR count). The Bertz CT molecular complexity index is 839. The first-order chi connectivity index (χ1) is 10.7. The molecule has 1 aliphatic carbocycles. The summed E-state index contributed by atoms with van der Waals surface area (Å²) in [5.41, 5.74) is 6.17. The largest absolute Gasteiger partial charge is 1.00 e. The van der Waals surface area contributed by atoms with Crippen LogP contribution in [0.3, 0.4) is 0 Å². The van der Waals surface area contributed by atoms with Gasteiger partial charge in [0, 0.05) is 0 Å². The van der Waals surface area contributed by atoms with Gasteiger partial charge in [0.05, 0.1) is 0 Å². The fourth-order valence-corrected chi connectivity index (χ4v) is 9.60. The van der Waals surface area contributed by atoms with Gasteiger partial charge in [0.2, 0.25) is 0 Å². The van der Waals surface area contributed by atoms with E-state index in [1.807, 2.05) is 0 Å². The van der Waals surface area contributed by atoms with E-state index in [1.165, 1.54) is 21.9 Å². The predicted octanol–water partition coefficient (Wildman–Crippen LogP) is -3.30. The molecule has 0 heterocycles. The van der Waals surface area contributed by atoms with E-state index in [2.05, 4.69) is 104 Å². The molecule has 0 atom stereocenters. The summed E-state index contributed by atoms with van der Waals surface area (Å²) in [6.07, 6.45) is 0. The molecule has 0 bridgehead atoms. The van der Waals surface area contributed by atoms with Crippen LogP contribution >= 0.6 is 0 Å². The van der Waals surface area contributed by atoms with Gasteiger partial charge in [-0.1, -0.05) is 0 Å². The summed E-state index contributed by atoms with van der Waals surface area (Å²) in [5, 5.41) is 4.39. The van der Waals surface area contributed by atoms with Crippen molar-refractivity contribution >= 4 is 24.0 Å².